The van der Waals surface area contributed by atoms with Gasteiger partial charge in [-0.15, -0.1) is 0 Å². The van der Waals surface area contributed by atoms with Crippen LogP contribution in [0.5, 0.6) is 5.75 Å². The van der Waals surface area contributed by atoms with Gasteiger partial charge in [-0.25, -0.2) is 8.78 Å². The van der Waals surface area contributed by atoms with Gasteiger partial charge in [-0.1, -0.05) is 17.7 Å². The summed E-state index contributed by atoms with van der Waals surface area (Å²) in [6, 6.07) is 7.54. The first-order valence-electron chi connectivity index (χ1n) is 5.37. The Morgan fingerprint density at radius 1 is 1.16 bits per heavy atom. The van der Waals surface area contributed by atoms with Crippen molar-refractivity contribution in [1.29, 1.82) is 0 Å². The molecule has 2 nitrogen and oxygen atoms in total. The van der Waals surface area contributed by atoms with Crippen molar-refractivity contribution >= 4 is 17.4 Å². The van der Waals surface area contributed by atoms with E-state index in [4.69, 9.17) is 16.3 Å². The number of carbonyl (C=O) groups excluding carboxylic acids is 1. The van der Waals surface area contributed by atoms with Gasteiger partial charge in [-0.05, 0) is 30.3 Å². The van der Waals surface area contributed by atoms with Crippen LogP contribution in [0.1, 0.15) is 15.9 Å². The van der Waals surface area contributed by atoms with E-state index in [2.05, 4.69) is 0 Å². The third-order valence-corrected chi connectivity index (χ3v) is 2.83. The Kier molecular flexibility index (Phi) is 3.81. The molecule has 2 aromatic carbocycles. The van der Waals surface area contributed by atoms with E-state index in [1.165, 1.54) is 31.4 Å². The van der Waals surface area contributed by atoms with Gasteiger partial charge in [0.05, 0.1) is 18.2 Å². The molecule has 0 amide bonds. The molecule has 0 saturated heterocycles. The van der Waals surface area contributed by atoms with Crippen LogP contribution in [0.15, 0.2) is 36.4 Å². The molecule has 2 rings (SSSR count). The number of ether oxygens (including phenoxy) is 1. The molecule has 0 atom stereocenters. The normalized spacial score (nSPS) is 10.3. The van der Waals surface area contributed by atoms with Gasteiger partial charge in [0.2, 0.25) is 5.78 Å². The quantitative estimate of drug-likeness (QED) is 0.799. The second-order valence-electron chi connectivity index (χ2n) is 3.77. The van der Waals surface area contributed by atoms with Crippen molar-refractivity contribution in [3.63, 3.8) is 0 Å². The Hall–Kier alpha value is -1.94. The molecule has 0 saturated carbocycles. The molecule has 5 heteroatoms. The molecule has 0 spiro atoms. The molecule has 0 N–H and O–H groups in total. The second kappa shape index (κ2) is 5.36. The zero-order chi connectivity index (χ0) is 14.0. The highest BCUT2D eigenvalue weighted by Crippen LogP contribution is 2.27. The molecule has 0 unspecified atom stereocenters. The average Bonchev–Trinajstić information content (AvgIpc) is 2.38. The van der Waals surface area contributed by atoms with Crippen molar-refractivity contribution in [3.8, 4) is 5.75 Å². The first-order valence-corrected chi connectivity index (χ1v) is 5.74. The van der Waals surface area contributed by atoms with E-state index in [0.29, 0.717) is 0 Å². The molecule has 0 aromatic heterocycles. The number of carbonyl (C=O) groups is 1. The van der Waals surface area contributed by atoms with Crippen molar-refractivity contribution in [2.45, 2.75) is 0 Å². The van der Waals surface area contributed by atoms with Gasteiger partial charge in [0.15, 0.2) is 0 Å². The summed E-state index contributed by atoms with van der Waals surface area (Å²) in [6.07, 6.45) is 0. The average molecular weight is 283 g/mol. The minimum atomic E-state index is -0.924. The number of hydrogen-bond acceptors (Lipinski definition) is 2. The molecule has 0 aliphatic carbocycles. The molecule has 0 radical (unpaired) electrons. The van der Waals surface area contributed by atoms with Gasteiger partial charge >= 0.3 is 0 Å². The Labute approximate surface area is 113 Å². The van der Waals surface area contributed by atoms with Crippen molar-refractivity contribution in [2.75, 3.05) is 7.11 Å². The van der Waals surface area contributed by atoms with Crippen LogP contribution >= 0.6 is 11.6 Å². The monoisotopic (exact) mass is 282 g/mol. The van der Waals surface area contributed by atoms with Crippen LogP contribution in [0, 0.1) is 11.6 Å². The fourth-order valence-corrected chi connectivity index (χ4v) is 1.88. The molecular formula is C14H9ClF2O2. The van der Waals surface area contributed by atoms with E-state index in [0.717, 1.165) is 12.1 Å². The van der Waals surface area contributed by atoms with Crippen LogP contribution in [0.3, 0.4) is 0 Å². The molecule has 19 heavy (non-hydrogen) atoms. The highest BCUT2D eigenvalue weighted by molar-refractivity contribution is 6.31. The van der Waals surface area contributed by atoms with Gasteiger partial charge in [0.25, 0.3) is 0 Å². The van der Waals surface area contributed by atoms with Crippen LogP contribution in [0.25, 0.3) is 0 Å². The van der Waals surface area contributed by atoms with Gasteiger partial charge in [-0.2, -0.15) is 0 Å². The number of hydrogen-bond donors (Lipinski definition) is 0. The number of halogens is 3. The Balaban J connectivity index is 2.59. The first-order chi connectivity index (χ1) is 9.04. The minimum absolute atomic E-state index is 0.0130. The summed E-state index contributed by atoms with van der Waals surface area (Å²) >= 11 is 5.79. The van der Waals surface area contributed by atoms with E-state index in [9.17, 15) is 13.6 Å². The number of methoxy groups -OCH3 is 1. The topological polar surface area (TPSA) is 26.3 Å². The second-order valence-corrected chi connectivity index (χ2v) is 4.21. The Bertz CT molecular complexity index is 621. The van der Waals surface area contributed by atoms with Crippen LogP contribution in [0.2, 0.25) is 5.02 Å². The highest BCUT2D eigenvalue weighted by atomic mass is 35.5. The first kappa shape index (κ1) is 13.5. The van der Waals surface area contributed by atoms with E-state index in [-0.39, 0.29) is 16.3 Å². The summed E-state index contributed by atoms with van der Waals surface area (Å²) in [4.78, 5) is 12.2. The number of benzene rings is 2. The third kappa shape index (κ3) is 2.58. The molecular weight excluding hydrogens is 274 g/mol. The highest BCUT2D eigenvalue weighted by Gasteiger charge is 2.22. The SMILES string of the molecule is COc1ccc(Cl)cc1C(=O)c1c(F)cccc1F. The number of rotatable bonds is 3. The van der Waals surface area contributed by atoms with E-state index in [1.54, 1.807) is 0 Å². The maximum absolute atomic E-state index is 13.6. The van der Waals surface area contributed by atoms with Gasteiger partial charge in [0.1, 0.15) is 17.4 Å². The molecule has 2 aromatic rings. The maximum Gasteiger partial charge on any atom is 0.202 e. The van der Waals surface area contributed by atoms with Crippen molar-refractivity contribution < 1.29 is 18.3 Å². The lowest BCUT2D eigenvalue weighted by atomic mass is 10.0. The van der Waals surface area contributed by atoms with E-state index in [1.807, 2.05) is 0 Å². The fourth-order valence-electron chi connectivity index (χ4n) is 1.71. The lowest BCUT2D eigenvalue weighted by molar-refractivity contribution is 0.102. The Morgan fingerprint density at radius 2 is 1.79 bits per heavy atom. The minimum Gasteiger partial charge on any atom is -0.496 e. The lowest BCUT2D eigenvalue weighted by Gasteiger charge is -2.09. The fraction of sp³-hybridized carbons (Fsp3) is 0.0714. The summed E-state index contributed by atoms with van der Waals surface area (Å²) in [5.74, 6) is -2.45. The predicted molar refractivity (Wildman–Crippen MR) is 67.8 cm³/mol. The van der Waals surface area contributed by atoms with E-state index < -0.39 is 23.0 Å². The summed E-state index contributed by atoms with van der Waals surface area (Å²) in [6.45, 7) is 0. The molecule has 0 aliphatic heterocycles. The van der Waals surface area contributed by atoms with Crippen LogP contribution < -0.4 is 4.74 Å². The predicted octanol–water partition coefficient (Wildman–Crippen LogP) is 3.86. The van der Waals surface area contributed by atoms with Gasteiger partial charge in [-0.3, -0.25) is 4.79 Å². The molecule has 98 valence electrons. The maximum atomic E-state index is 13.6. The molecule has 0 aliphatic rings. The van der Waals surface area contributed by atoms with Crippen molar-refractivity contribution in [3.05, 3.63) is 64.2 Å². The molecule has 0 bridgehead atoms. The van der Waals surface area contributed by atoms with Crippen LogP contribution in [-0.4, -0.2) is 12.9 Å². The third-order valence-electron chi connectivity index (χ3n) is 2.60. The zero-order valence-electron chi connectivity index (χ0n) is 9.91. The van der Waals surface area contributed by atoms with Crippen LogP contribution in [-0.2, 0) is 0 Å². The largest absolute Gasteiger partial charge is 0.496 e. The Morgan fingerprint density at radius 3 is 2.37 bits per heavy atom. The molecule has 0 fully saturated rings. The van der Waals surface area contributed by atoms with Crippen molar-refractivity contribution in [1.82, 2.24) is 0 Å². The summed E-state index contributed by atoms with van der Waals surface area (Å²) in [5.41, 5.74) is -0.609. The zero-order valence-corrected chi connectivity index (χ0v) is 10.7. The van der Waals surface area contributed by atoms with Crippen molar-refractivity contribution in [2.24, 2.45) is 0 Å². The van der Waals surface area contributed by atoms with E-state index >= 15 is 0 Å². The van der Waals surface area contributed by atoms with Crippen LogP contribution in [0.4, 0.5) is 8.78 Å². The summed E-state index contributed by atoms with van der Waals surface area (Å²) in [7, 11) is 1.36. The molecule has 0 heterocycles. The number of ketones is 1. The van der Waals surface area contributed by atoms with Gasteiger partial charge in [0, 0.05) is 5.02 Å². The lowest BCUT2D eigenvalue weighted by Crippen LogP contribution is -2.09. The summed E-state index contributed by atoms with van der Waals surface area (Å²) < 4.78 is 32.2. The summed E-state index contributed by atoms with van der Waals surface area (Å²) in [5, 5.41) is 0.279. The smallest absolute Gasteiger partial charge is 0.202 e. The standard InChI is InChI=1S/C14H9ClF2O2/c1-19-12-6-5-8(15)7-9(12)14(18)13-10(16)3-2-4-11(13)17/h2-7H,1H3. The van der Waals surface area contributed by atoms with Gasteiger partial charge < -0.3 is 4.74 Å².